The second-order valence-corrected chi connectivity index (χ2v) is 7.06. The first-order valence-corrected chi connectivity index (χ1v) is 9.70. The van der Waals surface area contributed by atoms with Gasteiger partial charge >= 0.3 is 0 Å². The highest BCUT2D eigenvalue weighted by molar-refractivity contribution is 7.80. The second-order valence-electron chi connectivity index (χ2n) is 6.67. The summed E-state index contributed by atoms with van der Waals surface area (Å²) in [5.74, 6) is 0.864. The largest absolute Gasteiger partial charge is 0.492 e. The summed E-state index contributed by atoms with van der Waals surface area (Å²) in [6, 6.07) is 8.81. The van der Waals surface area contributed by atoms with Gasteiger partial charge in [-0.15, -0.1) is 0 Å². The Morgan fingerprint density at radius 3 is 2.54 bits per heavy atom. The molecule has 1 saturated carbocycles. The number of nitrogens with one attached hydrogen (secondary N) is 1. The summed E-state index contributed by atoms with van der Waals surface area (Å²) in [5, 5.41) is 4.18. The number of thiocarbonyl (C=S) groups is 1. The average Bonchev–Trinajstić information content (AvgIpc) is 2.64. The standard InChI is InChI=1S/C19H29N3OS/c1-2-23-18-11-7-6-10-17(18)20-19(24)22-14-12-21(13-15-22)16-8-4-3-5-9-16/h6-7,10-11,16H,2-5,8-9,12-15H2,1H3,(H,20,24). The molecular weight excluding hydrogens is 318 g/mol. The molecule has 0 radical (unpaired) electrons. The van der Waals surface area contributed by atoms with Gasteiger partial charge in [0.25, 0.3) is 0 Å². The molecule has 0 spiro atoms. The molecule has 0 amide bonds. The molecule has 0 bridgehead atoms. The first-order valence-electron chi connectivity index (χ1n) is 9.29. The maximum absolute atomic E-state index is 5.67. The lowest BCUT2D eigenvalue weighted by Gasteiger charge is -2.41. The maximum Gasteiger partial charge on any atom is 0.173 e. The summed E-state index contributed by atoms with van der Waals surface area (Å²) in [4.78, 5) is 4.96. The minimum atomic E-state index is 0.658. The Balaban J connectivity index is 1.52. The van der Waals surface area contributed by atoms with Gasteiger partial charge in [0.1, 0.15) is 5.75 Å². The Bertz CT molecular complexity index is 537. The number of rotatable bonds is 4. The number of ether oxygens (including phenoxy) is 1. The van der Waals surface area contributed by atoms with E-state index in [1.165, 1.54) is 32.1 Å². The van der Waals surface area contributed by atoms with Crippen LogP contribution in [0.5, 0.6) is 5.75 Å². The highest BCUT2D eigenvalue weighted by Gasteiger charge is 2.26. The quantitative estimate of drug-likeness (QED) is 0.838. The molecule has 0 aromatic heterocycles. The van der Waals surface area contributed by atoms with Crippen LogP contribution in [0, 0.1) is 0 Å². The zero-order chi connectivity index (χ0) is 16.8. The molecule has 1 aliphatic carbocycles. The molecule has 0 atom stereocenters. The van der Waals surface area contributed by atoms with Gasteiger partial charge in [-0.2, -0.15) is 0 Å². The third-order valence-corrected chi connectivity index (χ3v) is 5.48. The van der Waals surface area contributed by atoms with Crippen molar-refractivity contribution in [3.63, 3.8) is 0 Å². The average molecular weight is 348 g/mol. The smallest absolute Gasteiger partial charge is 0.173 e. The Morgan fingerprint density at radius 1 is 1.12 bits per heavy atom. The van der Waals surface area contributed by atoms with E-state index in [0.29, 0.717) is 6.61 Å². The third kappa shape index (κ3) is 4.39. The molecule has 132 valence electrons. The molecule has 1 saturated heterocycles. The van der Waals surface area contributed by atoms with Gasteiger partial charge in [-0.25, -0.2) is 0 Å². The Kier molecular flexibility index (Phi) is 6.32. The van der Waals surface area contributed by atoms with E-state index in [1.54, 1.807) is 0 Å². The molecule has 1 aromatic rings. The number of nitrogens with zero attached hydrogens (tertiary/aromatic N) is 2. The van der Waals surface area contributed by atoms with Crippen LogP contribution in [0.1, 0.15) is 39.0 Å². The molecular formula is C19H29N3OS. The van der Waals surface area contributed by atoms with E-state index in [4.69, 9.17) is 17.0 Å². The van der Waals surface area contributed by atoms with Crippen LogP contribution >= 0.6 is 12.2 Å². The van der Waals surface area contributed by atoms with Gasteiger partial charge in [-0.3, -0.25) is 4.90 Å². The fourth-order valence-electron chi connectivity index (χ4n) is 3.78. The number of benzene rings is 1. The van der Waals surface area contributed by atoms with Crippen LogP contribution in [-0.4, -0.2) is 53.7 Å². The van der Waals surface area contributed by atoms with Crippen molar-refractivity contribution < 1.29 is 4.74 Å². The van der Waals surface area contributed by atoms with Crippen molar-refractivity contribution in [3.8, 4) is 5.75 Å². The van der Waals surface area contributed by atoms with Crippen molar-refractivity contribution in [2.75, 3.05) is 38.1 Å². The fourth-order valence-corrected chi connectivity index (χ4v) is 4.07. The normalized spacial score (nSPS) is 20.0. The number of hydrogen-bond donors (Lipinski definition) is 1. The lowest BCUT2D eigenvalue weighted by molar-refractivity contribution is 0.108. The van der Waals surface area contributed by atoms with Crippen LogP contribution in [0.3, 0.4) is 0 Å². The van der Waals surface area contributed by atoms with Crippen LogP contribution < -0.4 is 10.1 Å². The van der Waals surface area contributed by atoms with Gasteiger partial charge < -0.3 is 15.0 Å². The van der Waals surface area contributed by atoms with E-state index >= 15 is 0 Å². The van der Waals surface area contributed by atoms with Crippen molar-refractivity contribution in [2.45, 2.75) is 45.1 Å². The van der Waals surface area contributed by atoms with E-state index in [-0.39, 0.29) is 0 Å². The van der Waals surface area contributed by atoms with E-state index in [0.717, 1.165) is 48.8 Å². The minimum Gasteiger partial charge on any atom is -0.492 e. The molecule has 1 aromatic carbocycles. The fraction of sp³-hybridized carbons (Fsp3) is 0.632. The molecule has 4 nitrogen and oxygen atoms in total. The van der Waals surface area contributed by atoms with Gasteiger partial charge in [-0.05, 0) is 44.1 Å². The molecule has 5 heteroatoms. The molecule has 0 unspecified atom stereocenters. The molecule has 1 heterocycles. The number of para-hydroxylation sites is 2. The first-order chi connectivity index (χ1) is 11.8. The van der Waals surface area contributed by atoms with E-state index in [9.17, 15) is 0 Å². The molecule has 3 rings (SSSR count). The van der Waals surface area contributed by atoms with Crippen molar-refractivity contribution in [1.29, 1.82) is 0 Å². The van der Waals surface area contributed by atoms with Crippen molar-refractivity contribution in [1.82, 2.24) is 9.80 Å². The van der Waals surface area contributed by atoms with Crippen molar-refractivity contribution in [2.24, 2.45) is 0 Å². The van der Waals surface area contributed by atoms with Crippen molar-refractivity contribution in [3.05, 3.63) is 24.3 Å². The van der Waals surface area contributed by atoms with E-state index in [1.807, 2.05) is 31.2 Å². The first kappa shape index (κ1) is 17.5. The highest BCUT2D eigenvalue weighted by atomic mass is 32.1. The SMILES string of the molecule is CCOc1ccccc1NC(=S)N1CCN(C2CCCCC2)CC1. The van der Waals surface area contributed by atoms with Gasteiger partial charge in [-0.1, -0.05) is 31.4 Å². The zero-order valence-electron chi connectivity index (χ0n) is 14.7. The minimum absolute atomic E-state index is 0.658. The Labute approximate surface area is 151 Å². The van der Waals surface area contributed by atoms with Gasteiger partial charge in [0.15, 0.2) is 5.11 Å². The van der Waals surface area contributed by atoms with E-state index < -0.39 is 0 Å². The summed E-state index contributed by atoms with van der Waals surface area (Å²) < 4.78 is 5.67. The number of hydrogen-bond acceptors (Lipinski definition) is 3. The van der Waals surface area contributed by atoms with Crippen LogP contribution in [-0.2, 0) is 0 Å². The molecule has 24 heavy (non-hydrogen) atoms. The third-order valence-electron chi connectivity index (χ3n) is 5.12. The predicted octanol–water partition coefficient (Wildman–Crippen LogP) is 3.73. The topological polar surface area (TPSA) is 27.7 Å². The molecule has 2 aliphatic rings. The van der Waals surface area contributed by atoms with Gasteiger partial charge in [0, 0.05) is 32.2 Å². The van der Waals surface area contributed by atoms with Crippen LogP contribution in [0.25, 0.3) is 0 Å². The number of piperazine rings is 1. The molecule has 1 N–H and O–H groups in total. The zero-order valence-corrected chi connectivity index (χ0v) is 15.5. The summed E-state index contributed by atoms with van der Waals surface area (Å²) in [7, 11) is 0. The number of anilines is 1. The van der Waals surface area contributed by atoms with E-state index in [2.05, 4.69) is 15.1 Å². The summed E-state index contributed by atoms with van der Waals surface area (Å²) in [6.45, 7) is 6.93. The van der Waals surface area contributed by atoms with Crippen LogP contribution in [0.15, 0.2) is 24.3 Å². The van der Waals surface area contributed by atoms with Gasteiger partial charge in [0.2, 0.25) is 0 Å². The van der Waals surface area contributed by atoms with Gasteiger partial charge in [0.05, 0.1) is 12.3 Å². The monoisotopic (exact) mass is 347 g/mol. The summed E-state index contributed by atoms with van der Waals surface area (Å²) in [5.41, 5.74) is 0.957. The summed E-state index contributed by atoms with van der Waals surface area (Å²) >= 11 is 5.64. The highest BCUT2D eigenvalue weighted by Crippen LogP contribution is 2.25. The van der Waals surface area contributed by atoms with Crippen LogP contribution in [0.4, 0.5) is 5.69 Å². The van der Waals surface area contributed by atoms with Crippen molar-refractivity contribution >= 4 is 23.0 Å². The lowest BCUT2D eigenvalue weighted by atomic mass is 9.94. The van der Waals surface area contributed by atoms with Crippen LogP contribution in [0.2, 0.25) is 0 Å². The predicted molar refractivity (Wildman–Crippen MR) is 104 cm³/mol. The summed E-state index contributed by atoms with van der Waals surface area (Å²) in [6.07, 6.45) is 6.98. The molecule has 1 aliphatic heterocycles. The maximum atomic E-state index is 5.67. The second kappa shape index (κ2) is 8.67. The molecule has 2 fully saturated rings. The Hall–Kier alpha value is -1.33. The Morgan fingerprint density at radius 2 is 1.83 bits per heavy atom. The lowest BCUT2D eigenvalue weighted by Crippen LogP contribution is -2.53.